The lowest BCUT2D eigenvalue weighted by Gasteiger charge is -2.37. The quantitative estimate of drug-likeness (QED) is 0.672. The molecule has 0 amide bonds. The highest BCUT2D eigenvalue weighted by Crippen LogP contribution is 2.58. The SMILES string of the molecule is COC(=O)[C@@H]1N[C@@H](c2ccc3c(c2)OCO3)c2[nH]c3ccccc3c2C12CC2. The van der Waals surface area contributed by atoms with Gasteiger partial charge in [-0.15, -0.1) is 0 Å². The van der Waals surface area contributed by atoms with Crippen LogP contribution < -0.4 is 14.8 Å². The summed E-state index contributed by atoms with van der Waals surface area (Å²) in [6, 6.07) is 13.7. The highest BCUT2D eigenvalue weighted by atomic mass is 16.7. The van der Waals surface area contributed by atoms with E-state index in [0.29, 0.717) is 0 Å². The second-order valence-electron chi connectivity index (χ2n) is 7.78. The molecule has 1 fully saturated rings. The Labute approximate surface area is 161 Å². The van der Waals surface area contributed by atoms with Gasteiger partial charge in [-0.25, -0.2) is 0 Å². The lowest BCUT2D eigenvalue weighted by atomic mass is 9.79. The predicted molar refractivity (Wildman–Crippen MR) is 103 cm³/mol. The Balaban J connectivity index is 1.57. The molecule has 6 rings (SSSR count). The normalized spacial score (nSPS) is 23.6. The molecule has 6 nitrogen and oxygen atoms in total. The Morgan fingerprint density at radius 1 is 1.14 bits per heavy atom. The molecule has 3 heterocycles. The number of nitrogens with one attached hydrogen (secondary N) is 2. The van der Waals surface area contributed by atoms with E-state index in [1.807, 2.05) is 24.3 Å². The fraction of sp³-hybridized carbons (Fsp3) is 0.318. The standard InChI is InChI=1S/C22H20N2O4/c1-26-21(25)20-22(8-9-22)17-13-4-2-3-5-14(13)23-19(17)18(24-20)12-6-7-15-16(10-12)28-11-27-15/h2-7,10,18,20,23-24H,8-9,11H2,1H3/t18-,20-/m0/s1. The van der Waals surface area contributed by atoms with Gasteiger partial charge in [-0.05, 0) is 42.2 Å². The molecule has 6 heteroatoms. The van der Waals surface area contributed by atoms with Gasteiger partial charge < -0.3 is 19.2 Å². The predicted octanol–water partition coefficient (Wildman–Crippen LogP) is 3.16. The number of hydrogen-bond acceptors (Lipinski definition) is 5. The van der Waals surface area contributed by atoms with Gasteiger partial charge in [0, 0.05) is 22.0 Å². The van der Waals surface area contributed by atoms with E-state index in [4.69, 9.17) is 14.2 Å². The number of fused-ring (bicyclic) bond motifs is 5. The van der Waals surface area contributed by atoms with E-state index in [0.717, 1.165) is 41.1 Å². The number of ether oxygens (including phenoxy) is 3. The van der Waals surface area contributed by atoms with Crippen LogP contribution in [0.15, 0.2) is 42.5 Å². The molecule has 2 aliphatic heterocycles. The third-order valence-electron chi connectivity index (χ3n) is 6.36. The average molecular weight is 376 g/mol. The van der Waals surface area contributed by atoms with Crippen LogP contribution in [-0.4, -0.2) is 30.9 Å². The number of H-pyrrole nitrogens is 1. The fourth-order valence-corrected chi connectivity index (χ4v) is 4.91. The van der Waals surface area contributed by atoms with E-state index in [1.54, 1.807) is 0 Å². The lowest BCUT2D eigenvalue weighted by Crippen LogP contribution is -2.52. The van der Waals surface area contributed by atoms with Gasteiger partial charge in [0.15, 0.2) is 11.5 Å². The van der Waals surface area contributed by atoms with Crippen LogP contribution in [0, 0.1) is 0 Å². The van der Waals surface area contributed by atoms with Gasteiger partial charge in [0.25, 0.3) is 0 Å². The molecule has 2 N–H and O–H groups in total. The minimum Gasteiger partial charge on any atom is -0.468 e. The van der Waals surface area contributed by atoms with Gasteiger partial charge in [0.05, 0.1) is 13.2 Å². The molecule has 1 spiro atoms. The molecule has 2 aromatic carbocycles. The molecule has 1 aromatic heterocycles. The first-order valence-electron chi connectivity index (χ1n) is 9.56. The summed E-state index contributed by atoms with van der Waals surface area (Å²) in [4.78, 5) is 16.3. The first kappa shape index (κ1) is 16.0. The van der Waals surface area contributed by atoms with Crippen molar-refractivity contribution in [2.75, 3.05) is 13.9 Å². The van der Waals surface area contributed by atoms with Crippen molar-refractivity contribution in [2.45, 2.75) is 30.3 Å². The summed E-state index contributed by atoms with van der Waals surface area (Å²) in [5, 5.41) is 4.77. The molecule has 1 saturated carbocycles. The third kappa shape index (κ3) is 2.04. The van der Waals surface area contributed by atoms with Crippen molar-refractivity contribution in [2.24, 2.45) is 0 Å². The minimum absolute atomic E-state index is 0.160. The van der Waals surface area contributed by atoms with Crippen LogP contribution >= 0.6 is 0 Å². The number of aromatic nitrogens is 1. The molecule has 28 heavy (non-hydrogen) atoms. The molecule has 0 radical (unpaired) electrons. The van der Waals surface area contributed by atoms with Crippen LogP contribution in [0.2, 0.25) is 0 Å². The van der Waals surface area contributed by atoms with Crippen molar-refractivity contribution in [1.82, 2.24) is 10.3 Å². The van der Waals surface area contributed by atoms with Gasteiger partial charge >= 0.3 is 5.97 Å². The second-order valence-corrected chi connectivity index (χ2v) is 7.78. The van der Waals surface area contributed by atoms with Crippen molar-refractivity contribution in [1.29, 1.82) is 0 Å². The molecular weight excluding hydrogens is 356 g/mol. The van der Waals surface area contributed by atoms with E-state index in [9.17, 15) is 4.79 Å². The van der Waals surface area contributed by atoms with E-state index < -0.39 is 0 Å². The van der Waals surface area contributed by atoms with E-state index in [-0.39, 0.29) is 30.3 Å². The first-order chi connectivity index (χ1) is 13.7. The number of aromatic amines is 1. The zero-order valence-electron chi connectivity index (χ0n) is 15.5. The third-order valence-corrected chi connectivity index (χ3v) is 6.36. The zero-order chi connectivity index (χ0) is 18.9. The van der Waals surface area contributed by atoms with Crippen molar-refractivity contribution >= 4 is 16.9 Å². The van der Waals surface area contributed by atoms with Crippen LogP contribution in [0.3, 0.4) is 0 Å². The number of rotatable bonds is 2. The van der Waals surface area contributed by atoms with Gasteiger partial charge in [-0.2, -0.15) is 0 Å². The molecule has 0 unspecified atom stereocenters. The van der Waals surface area contributed by atoms with Crippen LogP contribution in [0.5, 0.6) is 11.5 Å². The molecule has 0 bridgehead atoms. The number of para-hydroxylation sites is 1. The number of carbonyl (C=O) groups is 1. The number of carbonyl (C=O) groups excluding carboxylic acids is 1. The summed E-state index contributed by atoms with van der Waals surface area (Å²) >= 11 is 0. The van der Waals surface area contributed by atoms with Crippen molar-refractivity contribution in [3.05, 3.63) is 59.3 Å². The van der Waals surface area contributed by atoms with Crippen LogP contribution in [0.4, 0.5) is 0 Å². The molecular formula is C22H20N2O4. The van der Waals surface area contributed by atoms with Gasteiger partial charge in [0.2, 0.25) is 6.79 Å². The van der Waals surface area contributed by atoms with Gasteiger partial charge in [-0.3, -0.25) is 10.1 Å². The number of methoxy groups -OCH3 is 1. The summed E-state index contributed by atoms with van der Waals surface area (Å²) in [6.45, 7) is 0.239. The number of hydrogen-bond donors (Lipinski definition) is 2. The maximum Gasteiger partial charge on any atom is 0.323 e. The summed E-state index contributed by atoms with van der Waals surface area (Å²) in [5.41, 5.74) is 4.30. The maximum absolute atomic E-state index is 12.7. The van der Waals surface area contributed by atoms with Crippen molar-refractivity contribution in [3.63, 3.8) is 0 Å². The average Bonchev–Trinajstić information content (AvgIpc) is 3.18. The topological polar surface area (TPSA) is 72.6 Å². The smallest absolute Gasteiger partial charge is 0.323 e. The summed E-state index contributed by atoms with van der Waals surface area (Å²) in [6.07, 6.45) is 1.95. The fourth-order valence-electron chi connectivity index (χ4n) is 4.91. The molecule has 0 saturated heterocycles. The highest BCUT2D eigenvalue weighted by Gasteiger charge is 2.60. The summed E-state index contributed by atoms with van der Waals surface area (Å²) in [5.74, 6) is 1.28. The Hall–Kier alpha value is -2.99. The van der Waals surface area contributed by atoms with Crippen LogP contribution in [0.25, 0.3) is 10.9 Å². The van der Waals surface area contributed by atoms with E-state index >= 15 is 0 Å². The van der Waals surface area contributed by atoms with Crippen LogP contribution in [-0.2, 0) is 14.9 Å². The number of benzene rings is 2. The zero-order valence-corrected chi connectivity index (χ0v) is 15.5. The highest BCUT2D eigenvalue weighted by molar-refractivity contribution is 5.90. The molecule has 142 valence electrons. The molecule has 2 atom stereocenters. The Morgan fingerprint density at radius 2 is 1.96 bits per heavy atom. The van der Waals surface area contributed by atoms with Crippen molar-refractivity contribution < 1.29 is 19.0 Å². The Bertz CT molecular complexity index is 1110. The largest absolute Gasteiger partial charge is 0.468 e. The second kappa shape index (κ2) is 5.52. The Kier molecular flexibility index (Phi) is 3.15. The molecule has 3 aromatic rings. The minimum atomic E-state index is -0.375. The number of esters is 1. The van der Waals surface area contributed by atoms with E-state index in [2.05, 4.69) is 28.5 Å². The Morgan fingerprint density at radius 3 is 2.79 bits per heavy atom. The van der Waals surface area contributed by atoms with Gasteiger partial charge in [0.1, 0.15) is 6.04 Å². The van der Waals surface area contributed by atoms with Crippen LogP contribution in [0.1, 0.15) is 35.7 Å². The first-order valence-corrected chi connectivity index (χ1v) is 9.56. The van der Waals surface area contributed by atoms with Crippen molar-refractivity contribution in [3.8, 4) is 11.5 Å². The lowest BCUT2D eigenvalue weighted by molar-refractivity contribution is -0.144. The molecule has 1 aliphatic carbocycles. The van der Waals surface area contributed by atoms with E-state index in [1.165, 1.54) is 18.1 Å². The maximum atomic E-state index is 12.7. The summed E-state index contributed by atoms with van der Waals surface area (Å²) in [7, 11) is 1.46. The molecule has 3 aliphatic rings. The summed E-state index contributed by atoms with van der Waals surface area (Å²) < 4.78 is 16.2. The monoisotopic (exact) mass is 376 g/mol. The van der Waals surface area contributed by atoms with Gasteiger partial charge in [-0.1, -0.05) is 24.3 Å².